The predicted octanol–water partition coefficient (Wildman–Crippen LogP) is 0.570. The topological polar surface area (TPSA) is 64.4 Å². The van der Waals surface area contributed by atoms with Crippen LogP contribution in [-0.2, 0) is 4.74 Å². The summed E-state index contributed by atoms with van der Waals surface area (Å²) < 4.78 is 9.31. The SMILES string of the molecule is COC(=O)c1cc(C2CNC2)no1.Cl. The predicted molar refractivity (Wildman–Crippen MR) is 50.7 cm³/mol. The van der Waals surface area contributed by atoms with Gasteiger partial charge in [-0.3, -0.25) is 0 Å². The fourth-order valence-corrected chi connectivity index (χ4v) is 1.18. The molecule has 1 N–H and O–H groups in total. The van der Waals surface area contributed by atoms with Crippen LogP contribution in [0.25, 0.3) is 0 Å². The van der Waals surface area contributed by atoms with E-state index in [-0.39, 0.29) is 18.2 Å². The fraction of sp³-hybridized carbons (Fsp3) is 0.500. The third-order valence-electron chi connectivity index (χ3n) is 2.11. The summed E-state index contributed by atoms with van der Waals surface area (Å²) in [6.07, 6.45) is 0. The van der Waals surface area contributed by atoms with Gasteiger partial charge in [0.2, 0.25) is 5.76 Å². The molecule has 0 amide bonds. The van der Waals surface area contributed by atoms with Gasteiger partial charge in [-0.15, -0.1) is 12.4 Å². The summed E-state index contributed by atoms with van der Waals surface area (Å²) in [6.45, 7) is 1.79. The summed E-state index contributed by atoms with van der Waals surface area (Å²) in [6, 6.07) is 1.64. The maximum Gasteiger partial charge on any atom is 0.376 e. The maximum atomic E-state index is 11.0. The van der Waals surface area contributed by atoms with Gasteiger partial charge in [-0.25, -0.2) is 4.79 Å². The van der Waals surface area contributed by atoms with E-state index < -0.39 is 5.97 Å². The van der Waals surface area contributed by atoms with Gasteiger partial charge in [0.25, 0.3) is 0 Å². The molecule has 1 saturated heterocycles. The Hall–Kier alpha value is -1.07. The number of esters is 1. The zero-order valence-electron chi connectivity index (χ0n) is 7.65. The molecule has 0 spiro atoms. The Morgan fingerprint density at radius 1 is 1.71 bits per heavy atom. The van der Waals surface area contributed by atoms with Crippen LogP contribution >= 0.6 is 12.4 Å². The first-order chi connectivity index (χ1) is 6.31. The largest absolute Gasteiger partial charge is 0.463 e. The van der Waals surface area contributed by atoms with Crippen molar-refractivity contribution in [2.24, 2.45) is 0 Å². The Kier molecular flexibility index (Phi) is 3.49. The molecular weight excluding hydrogens is 208 g/mol. The third-order valence-corrected chi connectivity index (χ3v) is 2.11. The Morgan fingerprint density at radius 2 is 2.43 bits per heavy atom. The number of nitrogens with zero attached hydrogens (tertiary/aromatic N) is 1. The minimum atomic E-state index is -0.481. The molecule has 0 aromatic carbocycles. The number of hydrogen-bond donors (Lipinski definition) is 1. The smallest absolute Gasteiger partial charge is 0.376 e. The fourth-order valence-electron chi connectivity index (χ4n) is 1.18. The second-order valence-electron chi connectivity index (χ2n) is 2.96. The van der Waals surface area contributed by atoms with Crippen molar-refractivity contribution in [2.75, 3.05) is 20.2 Å². The highest BCUT2D eigenvalue weighted by molar-refractivity contribution is 5.86. The Bertz CT molecular complexity index is 322. The first kappa shape index (κ1) is 11.0. The first-order valence-corrected chi connectivity index (χ1v) is 4.07. The van der Waals surface area contributed by atoms with Crippen LogP contribution in [0.5, 0.6) is 0 Å². The number of carbonyl (C=O) groups is 1. The summed E-state index contributed by atoms with van der Waals surface area (Å²) in [5.74, 6) is 0.0672. The summed E-state index contributed by atoms with van der Waals surface area (Å²) in [5.41, 5.74) is 0.819. The molecule has 6 heteroatoms. The van der Waals surface area contributed by atoms with E-state index in [9.17, 15) is 4.79 Å². The Labute approximate surface area is 87.2 Å². The van der Waals surface area contributed by atoms with E-state index in [4.69, 9.17) is 4.52 Å². The van der Waals surface area contributed by atoms with Gasteiger partial charge in [-0.2, -0.15) is 0 Å². The first-order valence-electron chi connectivity index (χ1n) is 4.07. The minimum Gasteiger partial charge on any atom is -0.463 e. The van der Waals surface area contributed by atoms with Crippen molar-refractivity contribution in [1.29, 1.82) is 0 Å². The highest BCUT2D eigenvalue weighted by Crippen LogP contribution is 2.19. The van der Waals surface area contributed by atoms with E-state index in [1.54, 1.807) is 6.07 Å². The molecule has 1 aromatic rings. The van der Waals surface area contributed by atoms with Crippen LogP contribution in [0.1, 0.15) is 22.2 Å². The van der Waals surface area contributed by atoms with Gasteiger partial charge in [0.1, 0.15) is 0 Å². The molecule has 1 aromatic heterocycles. The number of ether oxygens (including phenoxy) is 1. The zero-order chi connectivity index (χ0) is 9.26. The standard InChI is InChI=1S/C8H10N2O3.ClH/c1-12-8(11)7-2-6(10-13-7)5-3-9-4-5;/h2,5,9H,3-4H2,1H3;1H. The molecule has 1 aliphatic rings. The molecule has 1 aliphatic heterocycles. The van der Waals surface area contributed by atoms with Crippen molar-refractivity contribution >= 4 is 18.4 Å². The van der Waals surface area contributed by atoms with Crippen LogP contribution < -0.4 is 5.32 Å². The molecule has 78 valence electrons. The van der Waals surface area contributed by atoms with E-state index in [1.807, 2.05) is 0 Å². The van der Waals surface area contributed by atoms with Crippen LogP contribution in [0.15, 0.2) is 10.6 Å². The third kappa shape index (κ3) is 1.88. The molecule has 2 rings (SSSR count). The molecule has 0 unspecified atom stereocenters. The van der Waals surface area contributed by atoms with Gasteiger partial charge in [-0.1, -0.05) is 5.16 Å². The monoisotopic (exact) mass is 218 g/mol. The van der Waals surface area contributed by atoms with Gasteiger partial charge in [0, 0.05) is 25.1 Å². The molecule has 2 heterocycles. The van der Waals surface area contributed by atoms with Crippen LogP contribution in [0.2, 0.25) is 0 Å². The molecule has 0 bridgehead atoms. The lowest BCUT2D eigenvalue weighted by molar-refractivity contribution is 0.0554. The van der Waals surface area contributed by atoms with Crippen molar-refractivity contribution < 1.29 is 14.1 Å². The number of aromatic nitrogens is 1. The highest BCUT2D eigenvalue weighted by Gasteiger charge is 2.24. The Balaban J connectivity index is 0.000000980. The lowest BCUT2D eigenvalue weighted by Crippen LogP contribution is -2.40. The summed E-state index contributed by atoms with van der Waals surface area (Å²) >= 11 is 0. The van der Waals surface area contributed by atoms with Gasteiger partial charge in [-0.05, 0) is 0 Å². The lowest BCUT2D eigenvalue weighted by Gasteiger charge is -2.24. The van der Waals surface area contributed by atoms with Crippen LogP contribution in [0, 0.1) is 0 Å². The van der Waals surface area contributed by atoms with Crippen molar-refractivity contribution in [3.63, 3.8) is 0 Å². The molecule has 14 heavy (non-hydrogen) atoms. The number of nitrogens with one attached hydrogen (secondary N) is 1. The quantitative estimate of drug-likeness (QED) is 0.736. The lowest BCUT2D eigenvalue weighted by atomic mass is 9.99. The van der Waals surface area contributed by atoms with Crippen molar-refractivity contribution in [2.45, 2.75) is 5.92 Å². The molecule has 0 atom stereocenters. The molecule has 0 aliphatic carbocycles. The second-order valence-corrected chi connectivity index (χ2v) is 2.96. The molecule has 0 radical (unpaired) electrons. The Morgan fingerprint density at radius 3 is 2.93 bits per heavy atom. The number of hydrogen-bond acceptors (Lipinski definition) is 5. The molecule has 5 nitrogen and oxygen atoms in total. The van der Waals surface area contributed by atoms with E-state index in [1.165, 1.54) is 7.11 Å². The van der Waals surface area contributed by atoms with Crippen molar-refractivity contribution in [3.05, 3.63) is 17.5 Å². The average Bonchev–Trinajstić information content (AvgIpc) is 2.49. The van der Waals surface area contributed by atoms with Crippen LogP contribution in [-0.4, -0.2) is 31.3 Å². The zero-order valence-corrected chi connectivity index (χ0v) is 8.47. The number of methoxy groups -OCH3 is 1. The molecular formula is C8H11ClN2O3. The van der Waals surface area contributed by atoms with E-state index in [2.05, 4.69) is 15.2 Å². The number of carbonyl (C=O) groups excluding carboxylic acids is 1. The van der Waals surface area contributed by atoms with Gasteiger partial charge in [0.05, 0.1) is 12.8 Å². The van der Waals surface area contributed by atoms with Crippen LogP contribution in [0.4, 0.5) is 0 Å². The van der Waals surface area contributed by atoms with Crippen LogP contribution in [0.3, 0.4) is 0 Å². The van der Waals surface area contributed by atoms with Gasteiger partial charge in [0.15, 0.2) is 0 Å². The summed E-state index contributed by atoms with van der Waals surface area (Å²) in [7, 11) is 1.31. The second kappa shape index (κ2) is 4.43. The van der Waals surface area contributed by atoms with Gasteiger partial charge >= 0.3 is 5.97 Å². The summed E-state index contributed by atoms with van der Waals surface area (Å²) in [5, 5.41) is 6.91. The maximum absolute atomic E-state index is 11.0. The number of rotatable bonds is 2. The summed E-state index contributed by atoms with van der Waals surface area (Å²) in [4.78, 5) is 11.0. The van der Waals surface area contributed by atoms with Gasteiger partial charge < -0.3 is 14.6 Å². The number of halogens is 1. The molecule has 1 fully saturated rings. The van der Waals surface area contributed by atoms with E-state index >= 15 is 0 Å². The average molecular weight is 219 g/mol. The molecule has 0 saturated carbocycles. The van der Waals surface area contributed by atoms with E-state index in [0.29, 0.717) is 5.92 Å². The normalized spacial score (nSPS) is 15.5. The van der Waals surface area contributed by atoms with Crippen molar-refractivity contribution in [1.82, 2.24) is 10.5 Å². The van der Waals surface area contributed by atoms with E-state index in [0.717, 1.165) is 18.8 Å². The minimum absolute atomic E-state index is 0. The van der Waals surface area contributed by atoms with Crippen molar-refractivity contribution in [3.8, 4) is 0 Å². The highest BCUT2D eigenvalue weighted by atomic mass is 35.5.